The Hall–Kier alpha value is -4.15. The lowest BCUT2D eigenvalue weighted by molar-refractivity contribution is -0.384. The Bertz CT molecular complexity index is 1540. The number of hydrogen-bond donors (Lipinski definition) is 0. The second-order valence-electron chi connectivity index (χ2n) is 10.5. The number of benzene rings is 2. The molecule has 0 spiro atoms. The largest absolute Gasteiger partial charge is 0.497 e. The first-order chi connectivity index (χ1) is 19.6. The number of fused-ring (bicyclic) bond motifs is 4. The van der Waals surface area contributed by atoms with Gasteiger partial charge in [-0.15, -0.1) is 11.7 Å². The van der Waals surface area contributed by atoms with Crippen molar-refractivity contribution >= 4 is 16.6 Å². The summed E-state index contributed by atoms with van der Waals surface area (Å²) in [6.07, 6.45) is 8.26. The Balaban J connectivity index is 1.26. The number of piperidine rings is 3. The van der Waals surface area contributed by atoms with Crippen LogP contribution in [0.25, 0.3) is 16.6 Å². The van der Waals surface area contributed by atoms with E-state index in [-0.39, 0.29) is 17.8 Å². The van der Waals surface area contributed by atoms with E-state index in [1.165, 1.54) is 17.2 Å². The van der Waals surface area contributed by atoms with Gasteiger partial charge in [0.2, 0.25) is 0 Å². The molecule has 10 heteroatoms. The number of aromatic nitrogens is 4. The first-order valence-corrected chi connectivity index (χ1v) is 13.6. The van der Waals surface area contributed by atoms with Crippen molar-refractivity contribution < 1.29 is 14.4 Å². The first kappa shape index (κ1) is 26.1. The van der Waals surface area contributed by atoms with Crippen LogP contribution in [0.15, 0.2) is 73.6 Å². The third kappa shape index (κ3) is 4.96. The fourth-order valence-electron chi connectivity index (χ4n) is 6.26. The fraction of sp³-hybridized carbons (Fsp3) is 0.367. The van der Waals surface area contributed by atoms with Gasteiger partial charge in [-0.1, -0.05) is 23.4 Å². The standard InChI is InChI=1S/C30H32N6O4/c1-3-20-18-34-14-11-21(20)16-29(34)30(24-10-13-31-26-9-8-23(39-2)17-25(24)26)40-15-12-22-19-35(33-32-22)27-6-4-5-7-28(27)36(37)38/h3-10,13,17,19-21,29-30H,1,11-12,14-16,18H2,2H3/t20-,21-,29+,30+/m0/s1. The smallest absolute Gasteiger partial charge is 0.294 e. The van der Waals surface area contributed by atoms with Gasteiger partial charge >= 0.3 is 0 Å². The summed E-state index contributed by atoms with van der Waals surface area (Å²) in [5.74, 6) is 1.89. The lowest BCUT2D eigenvalue weighted by Crippen LogP contribution is -2.55. The third-order valence-electron chi connectivity index (χ3n) is 8.31. The lowest BCUT2D eigenvalue weighted by Gasteiger charge is -2.51. The van der Waals surface area contributed by atoms with Crippen molar-refractivity contribution in [1.29, 1.82) is 0 Å². The molecule has 3 saturated heterocycles. The molecule has 40 heavy (non-hydrogen) atoms. The number of pyridine rings is 1. The summed E-state index contributed by atoms with van der Waals surface area (Å²) in [6.45, 7) is 6.55. The van der Waals surface area contributed by atoms with E-state index in [4.69, 9.17) is 9.47 Å². The minimum Gasteiger partial charge on any atom is -0.497 e. The summed E-state index contributed by atoms with van der Waals surface area (Å²) in [5, 5.41) is 20.9. The molecule has 3 aliphatic heterocycles. The predicted octanol–water partition coefficient (Wildman–Crippen LogP) is 4.93. The van der Waals surface area contributed by atoms with Crippen LogP contribution in [0.5, 0.6) is 5.75 Å². The molecule has 5 atom stereocenters. The number of nitro groups is 1. The van der Waals surface area contributed by atoms with Gasteiger partial charge in [0.1, 0.15) is 11.4 Å². The Labute approximate surface area is 232 Å². The van der Waals surface area contributed by atoms with Crippen LogP contribution < -0.4 is 4.74 Å². The van der Waals surface area contributed by atoms with Crippen LogP contribution in [0.3, 0.4) is 0 Å². The van der Waals surface area contributed by atoms with Crippen LogP contribution in [-0.2, 0) is 11.2 Å². The molecule has 3 fully saturated rings. The molecule has 4 aromatic rings. The molecule has 2 aromatic carbocycles. The van der Waals surface area contributed by atoms with Crippen molar-refractivity contribution in [3.05, 3.63) is 95.0 Å². The van der Waals surface area contributed by atoms with E-state index in [1.54, 1.807) is 31.5 Å². The minimum absolute atomic E-state index is 0.0190. The number of hydrogen-bond acceptors (Lipinski definition) is 8. The number of para-hydroxylation sites is 2. The Morgan fingerprint density at radius 3 is 2.90 bits per heavy atom. The van der Waals surface area contributed by atoms with Crippen molar-refractivity contribution in [3.63, 3.8) is 0 Å². The van der Waals surface area contributed by atoms with Gasteiger partial charge in [0.25, 0.3) is 5.69 Å². The average molecular weight is 541 g/mol. The summed E-state index contributed by atoms with van der Waals surface area (Å²) in [5.41, 5.74) is 3.06. The van der Waals surface area contributed by atoms with E-state index in [0.717, 1.165) is 41.7 Å². The molecule has 0 radical (unpaired) electrons. The molecule has 2 aromatic heterocycles. The molecule has 5 heterocycles. The maximum absolute atomic E-state index is 11.5. The normalized spacial score (nSPS) is 22.7. The van der Waals surface area contributed by atoms with Crippen molar-refractivity contribution in [2.24, 2.45) is 11.8 Å². The zero-order valence-corrected chi connectivity index (χ0v) is 22.4. The average Bonchev–Trinajstić information content (AvgIpc) is 3.48. The second-order valence-corrected chi connectivity index (χ2v) is 10.5. The van der Waals surface area contributed by atoms with Gasteiger partial charge in [0.05, 0.1) is 42.2 Å². The SMILES string of the molecule is C=C[C@H]1CN2CC[C@H]1C[C@@H]2[C@H](OCCc1cn(-c2ccccc2[N+](=O)[O-])nn1)c1ccnc2ccc(OC)cc12. The van der Waals surface area contributed by atoms with E-state index in [2.05, 4.69) is 38.9 Å². The van der Waals surface area contributed by atoms with E-state index in [0.29, 0.717) is 36.2 Å². The van der Waals surface area contributed by atoms with Gasteiger partial charge < -0.3 is 9.47 Å². The van der Waals surface area contributed by atoms with Gasteiger partial charge in [0, 0.05) is 36.7 Å². The molecule has 0 amide bonds. The summed E-state index contributed by atoms with van der Waals surface area (Å²) in [6, 6.07) is 14.7. The summed E-state index contributed by atoms with van der Waals surface area (Å²) < 4.78 is 13.7. The van der Waals surface area contributed by atoms with Crippen LogP contribution in [0.2, 0.25) is 0 Å². The Morgan fingerprint density at radius 1 is 1.25 bits per heavy atom. The van der Waals surface area contributed by atoms with Gasteiger partial charge in [-0.3, -0.25) is 20.0 Å². The quantitative estimate of drug-likeness (QED) is 0.158. The Kier molecular flexibility index (Phi) is 7.27. The van der Waals surface area contributed by atoms with Gasteiger partial charge in [-0.05, 0) is 67.1 Å². The van der Waals surface area contributed by atoms with Crippen molar-refractivity contribution in [2.75, 3.05) is 26.8 Å². The highest BCUT2D eigenvalue weighted by Gasteiger charge is 2.43. The third-order valence-corrected chi connectivity index (χ3v) is 8.31. The predicted molar refractivity (Wildman–Crippen MR) is 150 cm³/mol. The number of nitrogens with zero attached hydrogens (tertiary/aromatic N) is 6. The topological polar surface area (TPSA) is 108 Å². The number of rotatable bonds is 10. The van der Waals surface area contributed by atoms with Gasteiger partial charge in [0.15, 0.2) is 0 Å². The summed E-state index contributed by atoms with van der Waals surface area (Å²) in [7, 11) is 1.67. The molecule has 0 aliphatic carbocycles. The molecule has 0 saturated carbocycles. The first-order valence-electron chi connectivity index (χ1n) is 13.6. The van der Waals surface area contributed by atoms with E-state index >= 15 is 0 Å². The summed E-state index contributed by atoms with van der Waals surface area (Å²) in [4.78, 5) is 18.2. The highest BCUT2D eigenvalue weighted by Crippen LogP contribution is 2.43. The zero-order valence-electron chi connectivity index (χ0n) is 22.4. The van der Waals surface area contributed by atoms with Gasteiger partial charge in [-0.2, -0.15) is 0 Å². The molecule has 3 aliphatic rings. The lowest BCUT2D eigenvalue weighted by atomic mass is 9.73. The van der Waals surface area contributed by atoms with Crippen LogP contribution in [-0.4, -0.2) is 62.6 Å². The molecular weight excluding hydrogens is 508 g/mol. The van der Waals surface area contributed by atoms with Crippen LogP contribution in [0, 0.1) is 22.0 Å². The van der Waals surface area contributed by atoms with Crippen LogP contribution in [0.1, 0.15) is 30.2 Å². The maximum atomic E-state index is 11.5. The highest BCUT2D eigenvalue weighted by atomic mass is 16.6. The molecular formula is C30H32N6O4. The molecule has 0 N–H and O–H groups in total. The fourth-order valence-corrected chi connectivity index (χ4v) is 6.26. The van der Waals surface area contributed by atoms with Crippen molar-refractivity contribution in [3.8, 4) is 11.4 Å². The molecule has 7 rings (SSSR count). The maximum Gasteiger partial charge on any atom is 0.294 e. The molecule has 2 bridgehead atoms. The Morgan fingerprint density at radius 2 is 2.12 bits per heavy atom. The monoisotopic (exact) mass is 540 g/mol. The summed E-state index contributed by atoms with van der Waals surface area (Å²) >= 11 is 0. The van der Waals surface area contributed by atoms with E-state index < -0.39 is 4.92 Å². The molecule has 206 valence electrons. The van der Waals surface area contributed by atoms with E-state index in [1.807, 2.05) is 24.4 Å². The minimum atomic E-state index is -0.414. The second kappa shape index (κ2) is 11.1. The number of nitro benzene ring substituents is 1. The molecule has 10 nitrogen and oxygen atoms in total. The van der Waals surface area contributed by atoms with Crippen LogP contribution >= 0.6 is 0 Å². The van der Waals surface area contributed by atoms with E-state index in [9.17, 15) is 10.1 Å². The van der Waals surface area contributed by atoms with Gasteiger partial charge in [-0.25, -0.2) is 4.68 Å². The highest BCUT2D eigenvalue weighted by molar-refractivity contribution is 5.84. The van der Waals surface area contributed by atoms with Crippen molar-refractivity contribution in [1.82, 2.24) is 24.9 Å². The number of ether oxygens (including phenoxy) is 2. The van der Waals surface area contributed by atoms with Crippen LogP contribution in [0.4, 0.5) is 5.69 Å². The van der Waals surface area contributed by atoms with Crippen molar-refractivity contribution in [2.45, 2.75) is 31.4 Å². The zero-order chi connectivity index (χ0) is 27.6. The molecule has 1 unspecified atom stereocenters. The number of methoxy groups -OCH3 is 1.